The molecule has 2 rings (SSSR count). The zero-order chi connectivity index (χ0) is 13.3. The molecular formula is C11H17N3O3S. The molecular weight excluding hydrogens is 254 g/mol. The first kappa shape index (κ1) is 13.1. The maximum Gasteiger partial charge on any atom is 0.410 e. The first-order valence-corrected chi connectivity index (χ1v) is 6.33. The Bertz CT molecular complexity index is 488. The Morgan fingerprint density at radius 2 is 2.33 bits per heavy atom. The molecule has 0 aliphatic carbocycles. The Morgan fingerprint density at radius 3 is 2.89 bits per heavy atom. The SMILES string of the molecule is CC(C)(C)OC(=O)N1CCC[C@@H]1c1n[nH]c(=S)o1. The molecule has 0 unspecified atom stereocenters. The lowest BCUT2D eigenvalue weighted by atomic mass is 10.2. The van der Waals surface area contributed by atoms with Gasteiger partial charge in [-0.05, 0) is 45.8 Å². The van der Waals surface area contributed by atoms with Crippen LogP contribution in [0.5, 0.6) is 0 Å². The van der Waals surface area contributed by atoms with E-state index < -0.39 is 5.60 Å². The fraction of sp³-hybridized carbons (Fsp3) is 0.727. The van der Waals surface area contributed by atoms with Crippen LogP contribution in [0.25, 0.3) is 0 Å². The number of H-pyrrole nitrogens is 1. The molecule has 2 heterocycles. The van der Waals surface area contributed by atoms with Crippen LogP contribution >= 0.6 is 12.2 Å². The summed E-state index contributed by atoms with van der Waals surface area (Å²) in [7, 11) is 0. The summed E-state index contributed by atoms with van der Waals surface area (Å²) in [6.07, 6.45) is 1.37. The molecule has 1 aliphatic rings. The van der Waals surface area contributed by atoms with E-state index in [9.17, 15) is 4.79 Å². The Balaban J connectivity index is 2.13. The van der Waals surface area contributed by atoms with Crippen molar-refractivity contribution >= 4 is 18.3 Å². The van der Waals surface area contributed by atoms with Crippen molar-refractivity contribution in [3.05, 3.63) is 10.7 Å². The number of hydrogen-bond donors (Lipinski definition) is 1. The van der Waals surface area contributed by atoms with Gasteiger partial charge in [-0.2, -0.15) is 0 Å². The highest BCUT2D eigenvalue weighted by Crippen LogP contribution is 2.31. The van der Waals surface area contributed by atoms with E-state index in [1.165, 1.54) is 0 Å². The molecule has 1 aromatic heterocycles. The molecule has 0 spiro atoms. The average molecular weight is 271 g/mol. The number of nitrogens with zero attached hydrogens (tertiary/aromatic N) is 2. The van der Waals surface area contributed by atoms with Crippen LogP contribution in [0.2, 0.25) is 0 Å². The molecule has 1 N–H and O–H groups in total. The third kappa shape index (κ3) is 2.90. The van der Waals surface area contributed by atoms with E-state index in [1.807, 2.05) is 20.8 Å². The second-order valence-corrected chi connectivity index (χ2v) is 5.65. The maximum absolute atomic E-state index is 12.0. The number of amides is 1. The van der Waals surface area contributed by atoms with E-state index in [0.29, 0.717) is 12.4 Å². The van der Waals surface area contributed by atoms with Crippen LogP contribution in [0, 0.1) is 4.84 Å². The lowest BCUT2D eigenvalue weighted by Gasteiger charge is -2.27. The van der Waals surface area contributed by atoms with E-state index in [0.717, 1.165) is 12.8 Å². The van der Waals surface area contributed by atoms with E-state index in [2.05, 4.69) is 10.2 Å². The van der Waals surface area contributed by atoms with Crippen molar-refractivity contribution in [2.24, 2.45) is 0 Å². The summed E-state index contributed by atoms with van der Waals surface area (Å²) in [5.74, 6) is 0.448. The Morgan fingerprint density at radius 1 is 1.61 bits per heavy atom. The van der Waals surface area contributed by atoms with Crippen molar-refractivity contribution in [2.45, 2.75) is 45.3 Å². The molecule has 1 saturated heterocycles. The zero-order valence-corrected chi connectivity index (χ0v) is 11.5. The monoisotopic (exact) mass is 271 g/mol. The summed E-state index contributed by atoms with van der Waals surface area (Å²) < 4.78 is 10.6. The lowest BCUT2D eigenvalue weighted by molar-refractivity contribution is 0.0203. The van der Waals surface area contributed by atoms with Gasteiger partial charge in [0.25, 0.3) is 4.84 Å². The predicted octanol–water partition coefficient (Wildman–Crippen LogP) is 2.80. The number of ether oxygens (including phenoxy) is 1. The summed E-state index contributed by atoms with van der Waals surface area (Å²) in [4.78, 5) is 13.9. The number of hydrogen-bond acceptors (Lipinski definition) is 5. The van der Waals surface area contributed by atoms with Crippen molar-refractivity contribution in [1.29, 1.82) is 0 Å². The van der Waals surface area contributed by atoms with Gasteiger partial charge in [0, 0.05) is 6.54 Å². The van der Waals surface area contributed by atoms with Crippen molar-refractivity contribution in [1.82, 2.24) is 15.1 Å². The highest BCUT2D eigenvalue weighted by Gasteiger charge is 2.35. The second-order valence-electron chi connectivity index (χ2n) is 5.28. The van der Waals surface area contributed by atoms with Crippen LogP contribution in [-0.2, 0) is 4.74 Å². The number of carbonyl (C=O) groups is 1. The number of carbonyl (C=O) groups excluding carboxylic acids is 1. The lowest BCUT2D eigenvalue weighted by Crippen LogP contribution is -2.36. The van der Waals surface area contributed by atoms with Gasteiger partial charge < -0.3 is 9.15 Å². The maximum atomic E-state index is 12.0. The van der Waals surface area contributed by atoms with Gasteiger partial charge in [0.15, 0.2) is 0 Å². The van der Waals surface area contributed by atoms with E-state index >= 15 is 0 Å². The Kier molecular flexibility index (Phi) is 3.43. The molecule has 7 heteroatoms. The molecule has 1 atom stereocenters. The van der Waals surface area contributed by atoms with Crippen LogP contribution in [0.15, 0.2) is 4.42 Å². The summed E-state index contributed by atoms with van der Waals surface area (Å²) >= 11 is 4.84. The Hall–Kier alpha value is -1.37. The average Bonchev–Trinajstić information content (AvgIpc) is 2.81. The van der Waals surface area contributed by atoms with Crippen molar-refractivity contribution < 1.29 is 13.9 Å². The van der Waals surface area contributed by atoms with Gasteiger partial charge in [-0.15, -0.1) is 5.10 Å². The van der Waals surface area contributed by atoms with Crippen molar-refractivity contribution in [3.63, 3.8) is 0 Å². The highest BCUT2D eigenvalue weighted by atomic mass is 32.1. The van der Waals surface area contributed by atoms with E-state index in [4.69, 9.17) is 21.4 Å². The number of likely N-dealkylation sites (tertiary alicyclic amines) is 1. The van der Waals surface area contributed by atoms with E-state index in [-0.39, 0.29) is 17.0 Å². The first-order chi connectivity index (χ1) is 8.37. The summed E-state index contributed by atoms with van der Waals surface area (Å²) in [5, 5.41) is 6.55. The number of rotatable bonds is 1. The molecule has 18 heavy (non-hydrogen) atoms. The predicted molar refractivity (Wildman–Crippen MR) is 66.6 cm³/mol. The second kappa shape index (κ2) is 4.72. The fourth-order valence-corrected chi connectivity index (χ4v) is 2.08. The minimum atomic E-state index is -0.504. The zero-order valence-electron chi connectivity index (χ0n) is 10.7. The summed E-state index contributed by atoms with van der Waals surface area (Å²) in [6.45, 7) is 6.18. The smallest absolute Gasteiger partial charge is 0.410 e. The molecule has 0 radical (unpaired) electrons. The Labute approximate surface area is 110 Å². The minimum absolute atomic E-state index is 0.187. The van der Waals surface area contributed by atoms with Gasteiger partial charge in [-0.3, -0.25) is 4.90 Å². The molecule has 1 aliphatic heterocycles. The normalized spacial score (nSPS) is 20.2. The molecule has 1 amide bonds. The highest BCUT2D eigenvalue weighted by molar-refractivity contribution is 7.71. The molecule has 1 aromatic rings. The van der Waals surface area contributed by atoms with Crippen LogP contribution in [-0.4, -0.2) is 33.3 Å². The third-order valence-electron chi connectivity index (χ3n) is 2.62. The molecule has 6 nitrogen and oxygen atoms in total. The molecule has 100 valence electrons. The first-order valence-electron chi connectivity index (χ1n) is 5.92. The van der Waals surface area contributed by atoms with E-state index in [1.54, 1.807) is 4.90 Å². The standard InChI is InChI=1S/C11H17N3O3S/c1-11(2,3)17-10(15)14-6-4-5-7(14)8-12-13-9(18)16-8/h7H,4-6H2,1-3H3,(H,13,18)/t7-/m1/s1. The number of nitrogens with one attached hydrogen (secondary N) is 1. The largest absolute Gasteiger partial charge is 0.444 e. The van der Waals surface area contributed by atoms with Crippen LogP contribution in [0.3, 0.4) is 0 Å². The summed E-state index contributed by atoms with van der Waals surface area (Å²) in [5.41, 5.74) is -0.504. The van der Waals surface area contributed by atoms with Gasteiger partial charge in [0.2, 0.25) is 5.89 Å². The fourth-order valence-electron chi connectivity index (χ4n) is 1.95. The molecule has 1 fully saturated rings. The van der Waals surface area contributed by atoms with Crippen LogP contribution < -0.4 is 0 Å². The number of aromatic nitrogens is 2. The quantitative estimate of drug-likeness (QED) is 0.795. The molecule has 0 saturated carbocycles. The van der Waals surface area contributed by atoms with Crippen molar-refractivity contribution in [2.75, 3.05) is 6.54 Å². The summed E-state index contributed by atoms with van der Waals surface area (Å²) in [6, 6.07) is -0.187. The van der Waals surface area contributed by atoms with Gasteiger partial charge in [0.1, 0.15) is 11.6 Å². The van der Waals surface area contributed by atoms with Crippen LogP contribution in [0.1, 0.15) is 45.5 Å². The van der Waals surface area contributed by atoms with Gasteiger partial charge in [-0.25, -0.2) is 9.89 Å². The minimum Gasteiger partial charge on any atom is -0.444 e. The third-order valence-corrected chi connectivity index (χ3v) is 2.80. The van der Waals surface area contributed by atoms with Crippen LogP contribution in [0.4, 0.5) is 4.79 Å². The van der Waals surface area contributed by atoms with Gasteiger partial charge in [0.05, 0.1) is 0 Å². The topological polar surface area (TPSA) is 71.4 Å². The molecule has 0 aromatic carbocycles. The van der Waals surface area contributed by atoms with Crippen molar-refractivity contribution in [3.8, 4) is 0 Å². The van der Waals surface area contributed by atoms with Gasteiger partial charge in [-0.1, -0.05) is 0 Å². The molecule has 0 bridgehead atoms. The van der Waals surface area contributed by atoms with Gasteiger partial charge >= 0.3 is 6.09 Å². The number of aromatic amines is 1.